The van der Waals surface area contributed by atoms with Crippen LogP contribution in [-0.2, 0) is 13.1 Å². The first-order chi connectivity index (χ1) is 7.31. The molecular weight excluding hydrogens is 184 g/mol. The summed E-state index contributed by atoms with van der Waals surface area (Å²) in [6.07, 6.45) is 9.72. The first-order valence-electron chi connectivity index (χ1n) is 5.65. The van der Waals surface area contributed by atoms with Crippen molar-refractivity contribution in [3.8, 4) is 12.3 Å². The summed E-state index contributed by atoms with van der Waals surface area (Å²) in [6.45, 7) is 6.17. The van der Waals surface area contributed by atoms with Crippen molar-refractivity contribution in [2.75, 3.05) is 0 Å². The largest absolute Gasteiger partial charge is 0.351 e. The number of hydrogen-bond acceptors (Lipinski definition) is 1. The highest BCUT2D eigenvalue weighted by atomic mass is 15.0. The SMILES string of the molecule is C#CC(CCC)NCc1cccn1CC. The van der Waals surface area contributed by atoms with Gasteiger partial charge in [0, 0.05) is 25.0 Å². The highest BCUT2D eigenvalue weighted by molar-refractivity contribution is 5.08. The number of nitrogens with one attached hydrogen (secondary N) is 1. The zero-order valence-electron chi connectivity index (χ0n) is 9.66. The minimum Gasteiger partial charge on any atom is -0.351 e. The van der Waals surface area contributed by atoms with Crippen molar-refractivity contribution in [2.45, 2.75) is 45.8 Å². The third kappa shape index (κ3) is 3.45. The maximum Gasteiger partial charge on any atom is 0.0689 e. The molecule has 1 atom stereocenters. The van der Waals surface area contributed by atoms with Gasteiger partial charge < -0.3 is 4.57 Å². The van der Waals surface area contributed by atoms with Gasteiger partial charge in [-0.15, -0.1) is 6.42 Å². The van der Waals surface area contributed by atoms with E-state index >= 15 is 0 Å². The lowest BCUT2D eigenvalue weighted by Crippen LogP contribution is -2.27. The molecule has 1 rings (SSSR count). The number of hydrogen-bond donors (Lipinski definition) is 1. The first kappa shape index (κ1) is 11.9. The van der Waals surface area contributed by atoms with Gasteiger partial charge in [0.05, 0.1) is 6.04 Å². The van der Waals surface area contributed by atoms with Gasteiger partial charge in [0.25, 0.3) is 0 Å². The number of rotatable bonds is 6. The quantitative estimate of drug-likeness (QED) is 0.704. The van der Waals surface area contributed by atoms with E-state index in [1.165, 1.54) is 5.69 Å². The van der Waals surface area contributed by atoms with Crippen LogP contribution in [0.1, 0.15) is 32.4 Å². The summed E-state index contributed by atoms with van der Waals surface area (Å²) >= 11 is 0. The van der Waals surface area contributed by atoms with Gasteiger partial charge in [-0.3, -0.25) is 5.32 Å². The van der Waals surface area contributed by atoms with Crippen LogP contribution in [0.3, 0.4) is 0 Å². The maximum atomic E-state index is 5.45. The Kier molecular flexibility index (Phi) is 5.00. The maximum absolute atomic E-state index is 5.45. The van der Waals surface area contributed by atoms with Crippen molar-refractivity contribution in [3.63, 3.8) is 0 Å². The van der Waals surface area contributed by atoms with E-state index in [1.54, 1.807) is 0 Å². The Morgan fingerprint density at radius 2 is 2.33 bits per heavy atom. The Balaban J connectivity index is 2.45. The van der Waals surface area contributed by atoms with E-state index in [2.05, 4.69) is 48.0 Å². The standard InChI is InChI=1S/C13H20N2/c1-4-8-12(5-2)14-11-13-9-7-10-15(13)6-3/h2,7,9-10,12,14H,4,6,8,11H2,1,3H3. The van der Waals surface area contributed by atoms with Crippen molar-refractivity contribution in [1.82, 2.24) is 9.88 Å². The van der Waals surface area contributed by atoms with Crippen LogP contribution in [0, 0.1) is 12.3 Å². The van der Waals surface area contributed by atoms with E-state index in [1.807, 2.05) is 0 Å². The average Bonchev–Trinajstić information content (AvgIpc) is 2.71. The Morgan fingerprint density at radius 3 is 2.93 bits per heavy atom. The van der Waals surface area contributed by atoms with E-state index in [0.29, 0.717) is 0 Å². The zero-order valence-corrected chi connectivity index (χ0v) is 9.66. The summed E-state index contributed by atoms with van der Waals surface area (Å²) in [5.41, 5.74) is 1.30. The van der Waals surface area contributed by atoms with Gasteiger partial charge in [-0.1, -0.05) is 19.3 Å². The predicted molar refractivity (Wildman–Crippen MR) is 64.5 cm³/mol. The second-order valence-corrected chi connectivity index (χ2v) is 3.67. The summed E-state index contributed by atoms with van der Waals surface area (Å²) in [7, 11) is 0. The number of aromatic nitrogens is 1. The van der Waals surface area contributed by atoms with Crippen LogP contribution in [0.2, 0.25) is 0 Å². The van der Waals surface area contributed by atoms with Crippen LogP contribution in [0.25, 0.3) is 0 Å². The molecule has 0 fully saturated rings. The van der Waals surface area contributed by atoms with Gasteiger partial charge in [0.1, 0.15) is 0 Å². The van der Waals surface area contributed by atoms with E-state index in [0.717, 1.165) is 25.9 Å². The smallest absolute Gasteiger partial charge is 0.0689 e. The van der Waals surface area contributed by atoms with E-state index in [-0.39, 0.29) is 6.04 Å². The van der Waals surface area contributed by atoms with Crippen molar-refractivity contribution in [1.29, 1.82) is 0 Å². The molecule has 0 saturated heterocycles. The predicted octanol–water partition coefficient (Wildman–Crippen LogP) is 2.40. The van der Waals surface area contributed by atoms with E-state index in [9.17, 15) is 0 Å². The second-order valence-electron chi connectivity index (χ2n) is 3.67. The average molecular weight is 204 g/mol. The molecule has 82 valence electrons. The summed E-state index contributed by atoms with van der Waals surface area (Å²) in [5, 5.41) is 3.39. The molecule has 1 aromatic rings. The molecule has 0 aromatic carbocycles. The molecule has 1 heterocycles. The molecule has 0 aliphatic carbocycles. The van der Waals surface area contributed by atoms with Gasteiger partial charge in [0.15, 0.2) is 0 Å². The monoisotopic (exact) mass is 204 g/mol. The van der Waals surface area contributed by atoms with Crippen molar-refractivity contribution < 1.29 is 0 Å². The van der Waals surface area contributed by atoms with Crippen molar-refractivity contribution in [2.24, 2.45) is 0 Å². The summed E-state index contributed by atoms with van der Waals surface area (Å²) in [4.78, 5) is 0. The summed E-state index contributed by atoms with van der Waals surface area (Å²) in [5.74, 6) is 2.78. The van der Waals surface area contributed by atoms with Crippen LogP contribution >= 0.6 is 0 Å². The minimum atomic E-state index is 0.204. The third-order valence-electron chi connectivity index (χ3n) is 2.57. The van der Waals surface area contributed by atoms with E-state index in [4.69, 9.17) is 6.42 Å². The number of terminal acetylenes is 1. The molecule has 2 heteroatoms. The minimum absolute atomic E-state index is 0.204. The Bertz CT molecular complexity index is 320. The Hall–Kier alpha value is -1.20. The van der Waals surface area contributed by atoms with Gasteiger partial charge in [-0.2, -0.15) is 0 Å². The molecule has 15 heavy (non-hydrogen) atoms. The zero-order chi connectivity index (χ0) is 11.1. The van der Waals surface area contributed by atoms with E-state index < -0.39 is 0 Å². The summed E-state index contributed by atoms with van der Waals surface area (Å²) < 4.78 is 2.23. The Morgan fingerprint density at radius 1 is 1.53 bits per heavy atom. The fourth-order valence-corrected chi connectivity index (χ4v) is 1.68. The van der Waals surface area contributed by atoms with Crippen LogP contribution < -0.4 is 5.32 Å². The topological polar surface area (TPSA) is 17.0 Å². The normalized spacial score (nSPS) is 12.3. The fraction of sp³-hybridized carbons (Fsp3) is 0.538. The van der Waals surface area contributed by atoms with Gasteiger partial charge >= 0.3 is 0 Å². The molecule has 1 aromatic heterocycles. The highest BCUT2D eigenvalue weighted by Crippen LogP contribution is 2.03. The molecule has 0 amide bonds. The lowest BCUT2D eigenvalue weighted by atomic mass is 10.2. The van der Waals surface area contributed by atoms with Crippen LogP contribution in [0.15, 0.2) is 18.3 Å². The van der Waals surface area contributed by atoms with Gasteiger partial charge in [0.2, 0.25) is 0 Å². The number of nitrogens with zero attached hydrogens (tertiary/aromatic N) is 1. The molecule has 0 saturated carbocycles. The number of aryl methyl sites for hydroxylation is 1. The van der Waals surface area contributed by atoms with Gasteiger partial charge in [-0.05, 0) is 25.5 Å². The van der Waals surface area contributed by atoms with Crippen LogP contribution in [-0.4, -0.2) is 10.6 Å². The van der Waals surface area contributed by atoms with Gasteiger partial charge in [-0.25, -0.2) is 0 Å². The molecule has 0 radical (unpaired) electrons. The molecule has 2 nitrogen and oxygen atoms in total. The first-order valence-corrected chi connectivity index (χ1v) is 5.65. The van der Waals surface area contributed by atoms with Crippen LogP contribution in [0.5, 0.6) is 0 Å². The Labute approximate surface area is 92.7 Å². The molecular formula is C13H20N2. The fourth-order valence-electron chi connectivity index (χ4n) is 1.68. The molecule has 1 N–H and O–H groups in total. The molecule has 0 spiro atoms. The lowest BCUT2D eigenvalue weighted by molar-refractivity contribution is 0.543. The molecule has 0 aliphatic heterocycles. The van der Waals surface area contributed by atoms with Crippen molar-refractivity contribution >= 4 is 0 Å². The third-order valence-corrected chi connectivity index (χ3v) is 2.57. The lowest BCUT2D eigenvalue weighted by Gasteiger charge is -2.13. The second kappa shape index (κ2) is 6.31. The highest BCUT2D eigenvalue weighted by Gasteiger charge is 2.04. The molecule has 0 bridgehead atoms. The van der Waals surface area contributed by atoms with Crippen molar-refractivity contribution in [3.05, 3.63) is 24.0 Å². The van der Waals surface area contributed by atoms with Crippen LogP contribution in [0.4, 0.5) is 0 Å². The molecule has 0 aliphatic rings. The molecule has 1 unspecified atom stereocenters. The summed E-state index contributed by atoms with van der Waals surface area (Å²) in [6, 6.07) is 4.41.